The molecule has 0 amide bonds. The van der Waals surface area contributed by atoms with Crippen LogP contribution in [-0.4, -0.2) is 19.2 Å². The first-order valence-corrected chi connectivity index (χ1v) is 11.0. The molecule has 0 radical (unpaired) electrons. The van der Waals surface area contributed by atoms with Crippen LogP contribution in [-0.2, 0) is 0 Å². The maximum absolute atomic E-state index is 13.4. The molecule has 3 aromatic heterocycles. The van der Waals surface area contributed by atoms with E-state index in [1.165, 1.54) is 12.8 Å². The zero-order valence-corrected chi connectivity index (χ0v) is 18.2. The Bertz CT molecular complexity index is 1310. The van der Waals surface area contributed by atoms with Crippen LogP contribution < -0.4 is 5.56 Å². The van der Waals surface area contributed by atoms with Gasteiger partial charge in [0.25, 0.3) is 5.56 Å². The molecule has 0 aliphatic heterocycles. The van der Waals surface area contributed by atoms with Crippen LogP contribution in [0.25, 0.3) is 27.7 Å². The van der Waals surface area contributed by atoms with Gasteiger partial charge in [0.1, 0.15) is 0 Å². The van der Waals surface area contributed by atoms with E-state index in [0.29, 0.717) is 22.2 Å². The third kappa shape index (κ3) is 2.95. The summed E-state index contributed by atoms with van der Waals surface area (Å²) in [4.78, 5) is 18.1. The van der Waals surface area contributed by atoms with Crippen LogP contribution in [0.1, 0.15) is 44.8 Å². The molecule has 0 bridgehead atoms. The summed E-state index contributed by atoms with van der Waals surface area (Å²) < 4.78 is 3.72. The van der Waals surface area contributed by atoms with Gasteiger partial charge < -0.3 is 4.57 Å². The van der Waals surface area contributed by atoms with E-state index in [1.54, 1.807) is 10.7 Å². The minimum Gasteiger partial charge on any atom is -0.311 e. The highest BCUT2D eigenvalue weighted by molar-refractivity contribution is 6.30. The lowest BCUT2D eigenvalue weighted by atomic mass is 9.78. The van der Waals surface area contributed by atoms with Gasteiger partial charge in [-0.2, -0.15) is 5.10 Å². The van der Waals surface area contributed by atoms with Crippen molar-refractivity contribution in [1.82, 2.24) is 19.2 Å². The zero-order chi connectivity index (χ0) is 21.0. The summed E-state index contributed by atoms with van der Waals surface area (Å²) in [6.45, 7) is 6.53. The summed E-state index contributed by atoms with van der Waals surface area (Å²) in [6.07, 6.45) is 7.11. The number of rotatable bonds is 2. The minimum atomic E-state index is 0.0223. The number of hydrogen-bond acceptors (Lipinski definition) is 3. The first-order valence-electron chi connectivity index (χ1n) is 10.6. The fraction of sp³-hybridized carbons (Fsp3) is 0.375. The molecule has 1 saturated carbocycles. The Morgan fingerprint density at radius 1 is 1.10 bits per heavy atom. The van der Waals surface area contributed by atoms with E-state index in [1.807, 2.05) is 48.0 Å². The smallest absolute Gasteiger partial charge is 0.261 e. The minimum absolute atomic E-state index is 0.0223. The highest BCUT2D eigenvalue weighted by Gasteiger charge is 2.29. The number of benzene rings is 1. The Labute approximate surface area is 180 Å². The van der Waals surface area contributed by atoms with Crippen molar-refractivity contribution in [1.29, 1.82) is 0 Å². The SMILES string of the molecule is Cc1nn2c(ncc3c(=O)n([C@@H]4CCC[C@H](C)[C@H]4C)ccc32)c1-c1ccc(Cl)cc1. The Morgan fingerprint density at radius 2 is 1.87 bits per heavy atom. The Kier molecular flexibility index (Phi) is 4.66. The molecule has 0 N–H and O–H groups in total. The molecule has 3 heterocycles. The Hall–Kier alpha value is -2.66. The van der Waals surface area contributed by atoms with Gasteiger partial charge in [-0.1, -0.05) is 50.4 Å². The second-order valence-electron chi connectivity index (χ2n) is 8.62. The molecule has 154 valence electrons. The fourth-order valence-corrected chi connectivity index (χ4v) is 5.08. The topological polar surface area (TPSA) is 52.2 Å². The van der Waals surface area contributed by atoms with Crippen molar-refractivity contribution in [2.45, 2.75) is 46.1 Å². The van der Waals surface area contributed by atoms with E-state index < -0.39 is 0 Å². The molecule has 1 aromatic carbocycles. The van der Waals surface area contributed by atoms with Gasteiger partial charge in [0.05, 0.1) is 16.6 Å². The summed E-state index contributed by atoms with van der Waals surface area (Å²) in [5, 5.41) is 6.03. The monoisotopic (exact) mass is 420 g/mol. The molecule has 30 heavy (non-hydrogen) atoms. The molecular weight excluding hydrogens is 396 g/mol. The molecule has 0 spiro atoms. The van der Waals surface area contributed by atoms with Gasteiger partial charge in [-0.15, -0.1) is 0 Å². The van der Waals surface area contributed by atoms with E-state index in [4.69, 9.17) is 16.7 Å². The number of aromatic nitrogens is 4. The molecular formula is C24H25ClN4O. The average Bonchev–Trinajstić information content (AvgIpc) is 3.08. The molecule has 5 nitrogen and oxygen atoms in total. The molecule has 3 atom stereocenters. The van der Waals surface area contributed by atoms with Gasteiger partial charge in [-0.3, -0.25) is 4.79 Å². The van der Waals surface area contributed by atoms with Crippen LogP contribution in [0.5, 0.6) is 0 Å². The quantitative estimate of drug-likeness (QED) is 0.419. The van der Waals surface area contributed by atoms with E-state index in [-0.39, 0.29) is 11.6 Å². The maximum Gasteiger partial charge on any atom is 0.261 e. The second kappa shape index (κ2) is 7.24. The zero-order valence-electron chi connectivity index (χ0n) is 17.5. The van der Waals surface area contributed by atoms with Gasteiger partial charge >= 0.3 is 0 Å². The van der Waals surface area contributed by atoms with E-state index in [2.05, 4.69) is 18.8 Å². The molecule has 6 heteroatoms. The van der Waals surface area contributed by atoms with Crippen LogP contribution in [0.3, 0.4) is 0 Å². The third-order valence-corrected chi connectivity index (χ3v) is 7.12. The van der Waals surface area contributed by atoms with Crippen molar-refractivity contribution in [2.24, 2.45) is 11.8 Å². The Balaban J connectivity index is 1.68. The molecule has 5 rings (SSSR count). The largest absolute Gasteiger partial charge is 0.311 e. The van der Waals surface area contributed by atoms with E-state index in [0.717, 1.165) is 34.4 Å². The number of halogens is 1. The molecule has 4 aromatic rings. The second-order valence-corrected chi connectivity index (χ2v) is 9.06. The first-order chi connectivity index (χ1) is 14.5. The normalized spacial score (nSPS) is 22.1. The standard InChI is InChI=1S/C24H25ClN4O/c1-14-5-4-6-20(15(14)2)28-12-11-21-19(24(28)30)13-26-23-22(16(3)27-29(21)23)17-7-9-18(25)10-8-17/h7-15,20H,4-6H2,1-3H3/t14-,15+,20+/m0/s1. The van der Waals surface area contributed by atoms with Crippen LogP contribution in [0, 0.1) is 18.8 Å². The van der Waals surface area contributed by atoms with Crippen molar-refractivity contribution < 1.29 is 0 Å². The number of hydrogen-bond donors (Lipinski definition) is 0. The summed E-state index contributed by atoms with van der Waals surface area (Å²) in [5.74, 6) is 1.11. The summed E-state index contributed by atoms with van der Waals surface area (Å²) in [5.41, 5.74) is 4.41. The number of pyridine rings is 1. The van der Waals surface area contributed by atoms with Crippen molar-refractivity contribution in [3.8, 4) is 11.1 Å². The third-order valence-electron chi connectivity index (χ3n) is 6.87. The number of aryl methyl sites for hydroxylation is 1. The lowest BCUT2D eigenvalue weighted by Gasteiger charge is -2.35. The molecule has 0 unspecified atom stereocenters. The number of fused-ring (bicyclic) bond motifs is 3. The average molecular weight is 421 g/mol. The van der Waals surface area contributed by atoms with Crippen LogP contribution in [0.15, 0.2) is 47.5 Å². The number of nitrogens with zero attached hydrogens (tertiary/aromatic N) is 4. The van der Waals surface area contributed by atoms with Gasteiger partial charge in [0.2, 0.25) is 0 Å². The lowest BCUT2D eigenvalue weighted by molar-refractivity contribution is 0.183. The highest BCUT2D eigenvalue weighted by Crippen LogP contribution is 2.37. The van der Waals surface area contributed by atoms with Crippen LogP contribution in [0.4, 0.5) is 0 Å². The highest BCUT2D eigenvalue weighted by atomic mass is 35.5. The van der Waals surface area contributed by atoms with Crippen molar-refractivity contribution in [2.75, 3.05) is 0 Å². The molecule has 0 saturated heterocycles. The summed E-state index contributed by atoms with van der Waals surface area (Å²) in [6, 6.07) is 9.93. The Morgan fingerprint density at radius 3 is 2.63 bits per heavy atom. The predicted molar refractivity (Wildman–Crippen MR) is 121 cm³/mol. The fourth-order valence-electron chi connectivity index (χ4n) is 4.95. The van der Waals surface area contributed by atoms with Gasteiger partial charge in [0, 0.05) is 29.0 Å². The van der Waals surface area contributed by atoms with E-state index in [9.17, 15) is 4.79 Å². The van der Waals surface area contributed by atoms with Gasteiger partial charge in [0.15, 0.2) is 5.65 Å². The van der Waals surface area contributed by atoms with Gasteiger partial charge in [-0.25, -0.2) is 9.50 Å². The van der Waals surface area contributed by atoms with Gasteiger partial charge in [-0.05, 0) is 48.9 Å². The van der Waals surface area contributed by atoms with Crippen LogP contribution >= 0.6 is 11.6 Å². The van der Waals surface area contributed by atoms with Crippen molar-refractivity contribution in [3.63, 3.8) is 0 Å². The molecule has 1 aliphatic rings. The summed E-state index contributed by atoms with van der Waals surface area (Å²) >= 11 is 6.05. The maximum atomic E-state index is 13.4. The molecule has 1 aliphatic carbocycles. The van der Waals surface area contributed by atoms with E-state index >= 15 is 0 Å². The lowest BCUT2D eigenvalue weighted by Crippen LogP contribution is -2.33. The molecule has 1 fully saturated rings. The first kappa shape index (κ1) is 19.3. The predicted octanol–water partition coefficient (Wildman–Crippen LogP) is 5.67. The van der Waals surface area contributed by atoms with Crippen LogP contribution in [0.2, 0.25) is 5.02 Å². The van der Waals surface area contributed by atoms with Crippen molar-refractivity contribution >= 4 is 28.2 Å². The van der Waals surface area contributed by atoms with Crippen molar-refractivity contribution in [3.05, 3.63) is 63.8 Å². The summed E-state index contributed by atoms with van der Waals surface area (Å²) in [7, 11) is 0.